The van der Waals surface area contributed by atoms with Gasteiger partial charge in [-0.3, -0.25) is 4.79 Å². The van der Waals surface area contributed by atoms with E-state index in [1.807, 2.05) is 29.2 Å². The molecule has 0 spiro atoms. The van der Waals surface area contributed by atoms with Crippen molar-refractivity contribution in [2.45, 2.75) is 45.6 Å². The van der Waals surface area contributed by atoms with Gasteiger partial charge in [0.05, 0.1) is 5.52 Å². The molecular formula is C21H25N5O2. The van der Waals surface area contributed by atoms with E-state index in [1.165, 1.54) is 4.68 Å². The Kier molecular flexibility index (Phi) is 4.00. The molecule has 0 N–H and O–H groups in total. The molecule has 2 aromatic heterocycles. The topological polar surface area (TPSA) is 72.5 Å². The van der Waals surface area contributed by atoms with Crippen molar-refractivity contribution in [1.29, 1.82) is 0 Å². The number of hydrogen-bond acceptors (Lipinski definition) is 4. The van der Waals surface area contributed by atoms with E-state index in [1.54, 1.807) is 4.40 Å². The van der Waals surface area contributed by atoms with Crippen LogP contribution in [0.4, 0.5) is 0 Å². The summed E-state index contributed by atoms with van der Waals surface area (Å²) in [4.78, 5) is 32.6. The number of aromatic nitrogens is 4. The molecule has 2 fully saturated rings. The Bertz CT molecular complexity index is 1120. The van der Waals surface area contributed by atoms with Crippen molar-refractivity contribution in [2.75, 3.05) is 13.1 Å². The van der Waals surface area contributed by atoms with Crippen LogP contribution in [-0.4, -0.2) is 43.1 Å². The van der Waals surface area contributed by atoms with Crippen molar-refractivity contribution in [1.82, 2.24) is 24.1 Å². The first-order valence-corrected chi connectivity index (χ1v) is 10.2. The number of hydrogen-bond donors (Lipinski definition) is 0. The van der Waals surface area contributed by atoms with E-state index in [-0.39, 0.29) is 18.1 Å². The van der Waals surface area contributed by atoms with Gasteiger partial charge in [0.1, 0.15) is 12.4 Å². The van der Waals surface area contributed by atoms with Crippen LogP contribution in [0.1, 0.15) is 44.9 Å². The van der Waals surface area contributed by atoms with Gasteiger partial charge in [-0.2, -0.15) is 0 Å². The Labute approximate surface area is 163 Å². The zero-order valence-corrected chi connectivity index (χ0v) is 16.3. The molecule has 3 heterocycles. The molecule has 1 saturated heterocycles. The van der Waals surface area contributed by atoms with Gasteiger partial charge in [0.2, 0.25) is 5.91 Å². The lowest BCUT2D eigenvalue weighted by molar-refractivity contribution is -0.134. The molecule has 7 nitrogen and oxygen atoms in total. The first-order valence-electron chi connectivity index (χ1n) is 10.2. The fourth-order valence-corrected chi connectivity index (χ4v) is 4.54. The summed E-state index contributed by atoms with van der Waals surface area (Å²) in [7, 11) is 0. The maximum atomic E-state index is 13.1. The van der Waals surface area contributed by atoms with Crippen molar-refractivity contribution in [3.63, 3.8) is 0 Å². The number of nitrogens with zero attached hydrogens (tertiary/aromatic N) is 5. The molecule has 2 atom stereocenters. The molecule has 146 valence electrons. The number of piperidine rings is 1. The van der Waals surface area contributed by atoms with Crippen LogP contribution in [0.2, 0.25) is 0 Å². The van der Waals surface area contributed by atoms with Crippen LogP contribution in [-0.2, 0) is 11.3 Å². The Morgan fingerprint density at radius 1 is 1.14 bits per heavy atom. The molecule has 1 aliphatic carbocycles. The molecule has 1 aliphatic heterocycles. The summed E-state index contributed by atoms with van der Waals surface area (Å²) >= 11 is 0. The molecule has 2 aliphatic rings. The minimum Gasteiger partial charge on any atom is -0.341 e. The fourth-order valence-electron chi connectivity index (χ4n) is 4.54. The van der Waals surface area contributed by atoms with Gasteiger partial charge in [0.15, 0.2) is 5.65 Å². The highest BCUT2D eigenvalue weighted by Gasteiger charge is 2.31. The third kappa shape index (κ3) is 2.89. The molecule has 1 aromatic carbocycles. The molecule has 0 unspecified atom stereocenters. The lowest BCUT2D eigenvalue weighted by Gasteiger charge is -2.34. The lowest BCUT2D eigenvalue weighted by Crippen LogP contribution is -2.45. The average Bonchev–Trinajstić information content (AvgIpc) is 3.46. The van der Waals surface area contributed by atoms with E-state index < -0.39 is 0 Å². The maximum absolute atomic E-state index is 13.1. The van der Waals surface area contributed by atoms with Gasteiger partial charge in [0, 0.05) is 24.4 Å². The lowest BCUT2D eigenvalue weighted by atomic mass is 9.92. The van der Waals surface area contributed by atoms with E-state index in [2.05, 4.69) is 18.9 Å². The summed E-state index contributed by atoms with van der Waals surface area (Å²) in [5.74, 6) is 2.02. The number of fused-ring (bicyclic) bond motifs is 3. The van der Waals surface area contributed by atoms with Crippen molar-refractivity contribution in [2.24, 2.45) is 11.8 Å². The first kappa shape index (κ1) is 17.4. The summed E-state index contributed by atoms with van der Waals surface area (Å²) < 4.78 is 2.94. The molecule has 0 radical (unpaired) electrons. The van der Waals surface area contributed by atoms with Crippen LogP contribution in [0, 0.1) is 11.8 Å². The Balaban J connectivity index is 1.56. The second kappa shape index (κ2) is 6.43. The van der Waals surface area contributed by atoms with Crippen LogP contribution in [0.3, 0.4) is 0 Å². The molecule has 0 bridgehead atoms. The number of likely N-dealkylation sites (tertiary alicyclic amines) is 1. The standard InChI is InChI=1S/C21H25N5O2/c1-13-9-14(2)11-24(10-13)18(27)12-25-21(28)26-19(15-7-8-15)22-17-6-4-3-5-16(17)20(26)23-25/h3-6,13-15H,7-12H2,1-2H3/t13-,14-/m0/s1. The zero-order valence-electron chi connectivity index (χ0n) is 16.3. The Morgan fingerprint density at radius 2 is 1.86 bits per heavy atom. The van der Waals surface area contributed by atoms with Crippen LogP contribution in [0.15, 0.2) is 29.1 Å². The van der Waals surface area contributed by atoms with Crippen LogP contribution in [0.5, 0.6) is 0 Å². The van der Waals surface area contributed by atoms with Crippen molar-refractivity contribution < 1.29 is 4.79 Å². The number of carbonyl (C=O) groups excluding carboxylic acids is 1. The predicted molar refractivity (Wildman–Crippen MR) is 106 cm³/mol. The monoisotopic (exact) mass is 379 g/mol. The van der Waals surface area contributed by atoms with Gasteiger partial charge in [-0.1, -0.05) is 26.0 Å². The second-order valence-corrected chi connectivity index (χ2v) is 8.61. The third-order valence-electron chi connectivity index (χ3n) is 5.90. The van der Waals surface area contributed by atoms with Gasteiger partial charge in [-0.05, 0) is 43.2 Å². The molecule has 5 rings (SSSR count). The van der Waals surface area contributed by atoms with E-state index in [0.29, 0.717) is 23.4 Å². The molecule has 7 heteroatoms. The summed E-state index contributed by atoms with van der Waals surface area (Å²) in [6.07, 6.45) is 3.22. The van der Waals surface area contributed by atoms with E-state index in [4.69, 9.17) is 4.98 Å². The summed E-state index contributed by atoms with van der Waals surface area (Å²) in [6, 6.07) is 7.75. The van der Waals surface area contributed by atoms with Gasteiger partial charge in [0.25, 0.3) is 0 Å². The zero-order chi connectivity index (χ0) is 19.4. The van der Waals surface area contributed by atoms with Gasteiger partial charge >= 0.3 is 5.69 Å². The third-order valence-corrected chi connectivity index (χ3v) is 5.90. The molecule has 3 aromatic rings. The molecular weight excluding hydrogens is 354 g/mol. The number of benzene rings is 1. The van der Waals surface area contributed by atoms with Crippen LogP contribution in [0.25, 0.3) is 16.6 Å². The van der Waals surface area contributed by atoms with Crippen LogP contribution >= 0.6 is 0 Å². The van der Waals surface area contributed by atoms with Crippen molar-refractivity contribution in [3.05, 3.63) is 40.6 Å². The SMILES string of the molecule is C[C@H]1C[C@H](C)CN(C(=O)Cn2nc3c4ccccc4nc(C4CC4)n3c2=O)C1. The first-order chi connectivity index (χ1) is 13.5. The average molecular weight is 379 g/mol. The highest BCUT2D eigenvalue weighted by molar-refractivity contribution is 5.91. The Hall–Kier alpha value is -2.70. The normalized spacial score (nSPS) is 22.9. The Morgan fingerprint density at radius 3 is 2.57 bits per heavy atom. The van der Waals surface area contributed by atoms with E-state index >= 15 is 0 Å². The largest absolute Gasteiger partial charge is 0.352 e. The maximum Gasteiger partial charge on any atom is 0.352 e. The van der Waals surface area contributed by atoms with Crippen molar-refractivity contribution >= 4 is 22.5 Å². The van der Waals surface area contributed by atoms with Gasteiger partial charge in [-0.15, -0.1) is 5.10 Å². The minimum atomic E-state index is -0.262. The molecule has 28 heavy (non-hydrogen) atoms. The molecule has 1 saturated carbocycles. The predicted octanol–water partition coefficient (Wildman–Crippen LogP) is 2.43. The highest BCUT2D eigenvalue weighted by atomic mass is 16.2. The van der Waals surface area contributed by atoms with E-state index in [9.17, 15) is 9.59 Å². The summed E-state index contributed by atoms with van der Waals surface area (Å²) in [6.45, 7) is 5.84. The van der Waals surface area contributed by atoms with E-state index in [0.717, 1.165) is 49.1 Å². The number of carbonyl (C=O) groups is 1. The summed E-state index contributed by atoms with van der Waals surface area (Å²) in [5, 5.41) is 5.41. The number of amides is 1. The van der Waals surface area contributed by atoms with Crippen molar-refractivity contribution in [3.8, 4) is 0 Å². The number of rotatable bonds is 3. The summed E-state index contributed by atoms with van der Waals surface area (Å²) in [5.41, 5.74) is 1.19. The van der Waals surface area contributed by atoms with Gasteiger partial charge < -0.3 is 4.90 Å². The highest BCUT2D eigenvalue weighted by Crippen LogP contribution is 2.39. The van der Waals surface area contributed by atoms with Gasteiger partial charge in [-0.25, -0.2) is 18.9 Å². The quantitative estimate of drug-likeness (QED) is 0.701. The fraction of sp³-hybridized carbons (Fsp3) is 0.524. The number of para-hydroxylation sites is 1. The minimum absolute atomic E-state index is 0.0155. The van der Waals surface area contributed by atoms with Crippen LogP contribution < -0.4 is 5.69 Å². The molecule has 1 amide bonds. The second-order valence-electron chi connectivity index (χ2n) is 8.61. The smallest absolute Gasteiger partial charge is 0.341 e.